The third kappa shape index (κ3) is 3.47. The van der Waals surface area contributed by atoms with Gasteiger partial charge in [0.2, 0.25) is 5.91 Å². The zero-order valence-corrected chi connectivity index (χ0v) is 11.0. The minimum absolute atomic E-state index is 0.230. The summed E-state index contributed by atoms with van der Waals surface area (Å²) in [6.45, 7) is 1.81. The first kappa shape index (κ1) is 13.4. The van der Waals surface area contributed by atoms with Crippen LogP contribution in [0.2, 0.25) is 0 Å². The minimum Gasteiger partial charge on any atom is -0.366 e. The molecule has 19 heavy (non-hydrogen) atoms. The van der Waals surface area contributed by atoms with Crippen molar-refractivity contribution in [2.45, 2.75) is 38.6 Å². The number of benzene rings is 1. The van der Waals surface area contributed by atoms with Crippen LogP contribution in [0.15, 0.2) is 18.2 Å². The summed E-state index contributed by atoms with van der Waals surface area (Å²) in [5.74, 6) is -0.489. The van der Waals surface area contributed by atoms with E-state index in [1.807, 2.05) is 6.92 Å². The summed E-state index contributed by atoms with van der Waals surface area (Å²) in [6, 6.07) is 5.17. The van der Waals surface area contributed by atoms with Crippen molar-refractivity contribution < 1.29 is 9.59 Å². The molecule has 4 N–H and O–H groups in total. The SMILES string of the molecule is Cc1ccc(NC(=O)NC2CCCC2)cc1C(N)=O. The van der Waals surface area contributed by atoms with Gasteiger partial charge in [0.05, 0.1) is 0 Å². The van der Waals surface area contributed by atoms with Gasteiger partial charge in [0.25, 0.3) is 0 Å². The lowest BCUT2D eigenvalue weighted by molar-refractivity contribution is 0.0999. The molecule has 1 aliphatic carbocycles. The molecule has 2 rings (SSSR count). The largest absolute Gasteiger partial charge is 0.366 e. The molecule has 5 nitrogen and oxygen atoms in total. The van der Waals surface area contributed by atoms with Crippen LogP contribution >= 0.6 is 0 Å². The van der Waals surface area contributed by atoms with Crippen LogP contribution in [0, 0.1) is 6.92 Å². The van der Waals surface area contributed by atoms with Crippen LogP contribution < -0.4 is 16.4 Å². The zero-order valence-electron chi connectivity index (χ0n) is 11.0. The number of aryl methyl sites for hydroxylation is 1. The fourth-order valence-electron chi connectivity index (χ4n) is 2.39. The number of hydrogen-bond donors (Lipinski definition) is 3. The Hall–Kier alpha value is -2.04. The molecule has 0 saturated heterocycles. The number of nitrogens with one attached hydrogen (secondary N) is 2. The smallest absolute Gasteiger partial charge is 0.319 e. The standard InChI is InChI=1S/C14H19N3O2/c1-9-6-7-11(8-12(9)13(15)18)17-14(19)16-10-4-2-3-5-10/h6-8,10H,2-5H2,1H3,(H2,15,18)(H2,16,17,19). The van der Waals surface area contributed by atoms with Crippen LogP contribution in [0.5, 0.6) is 0 Å². The Kier molecular flexibility index (Phi) is 4.04. The monoisotopic (exact) mass is 261 g/mol. The molecule has 0 aliphatic heterocycles. The van der Waals surface area contributed by atoms with Crippen molar-refractivity contribution >= 4 is 17.6 Å². The van der Waals surface area contributed by atoms with Gasteiger partial charge in [-0.2, -0.15) is 0 Å². The van der Waals surface area contributed by atoms with E-state index in [4.69, 9.17) is 5.73 Å². The molecular weight excluding hydrogens is 242 g/mol. The Labute approximate surface area is 112 Å². The number of anilines is 1. The predicted molar refractivity (Wildman–Crippen MR) is 74.1 cm³/mol. The maximum Gasteiger partial charge on any atom is 0.319 e. The summed E-state index contributed by atoms with van der Waals surface area (Å²) >= 11 is 0. The lowest BCUT2D eigenvalue weighted by Crippen LogP contribution is -2.36. The summed E-state index contributed by atoms with van der Waals surface area (Å²) in [7, 11) is 0. The van der Waals surface area contributed by atoms with Crippen LogP contribution in [0.4, 0.5) is 10.5 Å². The minimum atomic E-state index is -0.489. The van der Waals surface area contributed by atoms with E-state index >= 15 is 0 Å². The summed E-state index contributed by atoms with van der Waals surface area (Å²) in [4.78, 5) is 23.0. The lowest BCUT2D eigenvalue weighted by atomic mass is 10.1. The predicted octanol–water partition coefficient (Wildman–Crippen LogP) is 2.16. The summed E-state index contributed by atoms with van der Waals surface area (Å²) in [5, 5.41) is 5.66. The Bertz CT molecular complexity index is 493. The number of primary amides is 1. The third-order valence-corrected chi connectivity index (χ3v) is 3.45. The van der Waals surface area contributed by atoms with Crippen LogP contribution in [0.25, 0.3) is 0 Å². The van der Waals surface area contributed by atoms with Crippen molar-refractivity contribution in [3.05, 3.63) is 29.3 Å². The van der Waals surface area contributed by atoms with Gasteiger partial charge in [-0.3, -0.25) is 4.79 Å². The van der Waals surface area contributed by atoms with Crippen molar-refractivity contribution in [2.75, 3.05) is 5.32 Å². The first-order chi connectivity index (χ1) is 9.06. The Morgan fingerprint density at radius 1 is 1.26 bits per heavy atom. The second kappa shape index (κ2) is 5.73. The van der Waals surface area contributed by atoms with E-state index in [1.165, 1.54) is 12.8 Å². The van der Waals surface area contributed by atoms with Gasteiger partial charge in [0.15, 0.2) is 0 Å². The van der Waals surface area contributed by atoms with Crippen LogP contribution in [-0.2, 0) is 0 Å². The van der Waals surface area contributed by atoms with Gasteiger partial charge in [0, 0.05) is 17.3 Å². The van der Waals surface area contributed by atoms with Gasteiger partial charge in [-0.05, 0) is 37.5 Å². The van der Waals surface area contributed by atoms with Crippen molar-refractivity contribution in [1.29, 1.82) is 0 Å². The normalized spacial score (nSPS) is 15.2. The molecule has 5 heteroatoms. The first-order valence-corrected chi connectivity index (χ1v) is 6.54. The van der Waals surface area contributed by atoms with E-state index in [0.717, 1.165) is 18.4 Å². The fraction of sp³-hybridized carbons (Fsp3) is 0.429. The number of carbonyl (C=O) groups is 2. The average molecular weight is 261 g/mol. The molecule has 0 atom stereocenters. The van der Waals surface area contributed by atoms with E-state index in [2.05, 4.69) is 10.6 Å². The van der Waals surface area contributed by atoms with Crippen LogP contribution in [-0.4, -0.2) is 18.0 Å². The molecule has 1 saturated carbocycles. The maximum atomic E-state index is 11.8. The number of rotatable bonds is 3. The van der Waals surface area contributed by atoms with Crippen molar-refractivity contribution in [3.63, 3.8) is 0 Å². The Balaban J connectivity index is 2.00. The summed E-state index contributed by atoms with van der Waals surface area (Å²) in [6.07, 6.45) is 4.41. The van der Waals surface area contributed by atoms with Gasteiger partial charge in [-0.25, -0.2) is 4.79 Å². The van der Waals surface area contributed by atoms with Gasteiger partial charge in [-0.15, -0.1) is 0 Å². The molecule has 102 valence electrons. The van der Waals surface area contributed by atoms with Crippen LogP contribution in [0.3, 0.4) is 0 Å². The highest BCUT2D eigenvalue weighted by Gasteiger charge is 2.17. The molecule has 1 aromatic carbocycles. The molecule has 0 unspecified atom stereocenters. The molecule has 3 amide bonds. The number of nitrogens with two attached hydrogens (primary N) is 1. The van der Waals surface area contributed by atoms with E-state index in [0.29, 0.717) is 11.3 Å². The third-order valence-electron chi connectivity index (χ3n) is 3.45. The van der Waals surface area contributed by atoms with Gasteiger partial charge >= 0.3 is 6.03 Å². The zero-order chi connectivity index (χ0) is 13.8. The van der Waals surface area contributed by atoms with Crippen LogP contribution in [0.1, 0.15) is 41.6 Å². The van der Waals surface area contributed by atoms with Crippen molar-refractivity contribution in [3.8, 4) is 0 Å². The van der Waals surface area contributed by atoms with E-state index in [-0.39, 0.29) is 12.1 Å². The second-order valence-corrected chi connectivity index (χ2v) is 4.97. The molecule has 1 aromatic rings. The Morgan fingerprint density at radius 2 is 1.95 bits per heavy atom. The average Bonchev–Trinajstić information content (AvgIpc) is 2.84. The lowest BCUT2D eigenvalue weighted by Gasteiger charge is -2.13. The maximum absolute atomic E-state index is 11.8. The number of hydrogen-bond acceptors (Lipinski definition) is 2. The highest BCUT2D eigenvalue weighted by atomic mass is 16.2. The molecule has 0 bridgehead atoms. The first-order valence-electron chi connectivity index (χ1n) is 6.54. The van der Waals surface area contributed by atoms with Crippen molar-refractivity contribution in [1.82, 2.24) is 5.32 Å². The summed E-state index contributed by atoms with van der Waals surface area (Å²) in [5.41, 5.74) is 7.09. The summed E-state index contributed by atoms with van der Waals surface area (Å²) < 4.78 is 0. The molecule has 1 aliphatic rings. The Morgan fingerprint density at radius 3 is 2.58 bits per heavy atom. The fourth-order valence-corrected chi connectivity index (χ4v) is 2.39. The quantitative estimate of drug-likeness (QED) is 0.779. The topological polar surface area (TPSA) is 84.2 Å². The van der Waals surface area contributed by atoms with Gasteiger partial charge in [0.1, 0.15) is 0 Å². The van der Waals surface area contributed by atoms with Crippen molar-refractivity contribution in [2.24, 2.45) is 5.73 Å². The molecule has 0 aromatic heterocycles. The molecule has 0 radical (unpaired) electrons. The van der Waals surface area contributed by atoms with E-state index in [1.54, 1.807) is 18.2 Å². The number of carbonyl (C=O) groups excluding carboxylic acids is 2. The number of urea groups is 1. The van der Waals surface area contributed by atoms with Gasteiger partial charge in [-0.1, -0.05) is 18.9 Å². The molecule has 1 fully saturated rings. The molecule has 0 spiro atoms. The number of amides is 3. The molecular formula is C14H19N3O2. The highest BCUT2D eigenvalue weighted by Crippen LogP contribution is 2.18. The van der Waals surface area contributed by atoms with Gasteiger partial charge < -0.3 is 16.4 Å². The second-order valence-electron chi connectivity index (χ2n) is 4.97. The van der Waals surface area contributed by atoms with E-state index in [9.17, 15) is 9.59 Å². The highest BCUT2D eigenvalue weighted by molar-refractivity contribution is 5.97. The molecule has 0 heterocycles. The van der Waals surface area contributed by atoms with E-state index < -0.39 is 5.91 Å².